The van der Waals surface area contributed by atoms with Crippen molar-refractivity contribution in [3.05, 3.63) is 36.2 Å². The minimum atomic E-state index is -0.151. The van der Waals surface area contributed by atoms with Crippen molar-refractivity contribution in [2.75, 3.05) is 19.7 Å². The molecule has 0 aromatic carbocycles. The van der Waals surface area contributed by atoms with Crippen LogP contribution >= 0.6 is 0 Å². The Morgan fingerprint density at radius 3 is 2.77 bits per heavy atom. The lowest BCUT2D eigenvalue weighted by Crippen LogP contribution is -2.40. The monoisotopic (exact) mass is 301 g/mol. The highest BCUT2D eigenvalue weighted by atomic mass is 16.5. The Kier molecular flexibility index (Phi) is 4.09. The van der Waals surface area contributed by atoms with Crippen molar-refractivity contribution in [3.8, 4) is 0 Å². The molecule has 2 aromatic rings. The zero-order valence-corrected chi connectivity index (χ0v) is 12.6. The predicted octanol–water partition coefficient (Wildman–Crippen LogP) is 1.75. The van der Waals surface area contributed by atoms with E-state index in [0.717, 1.165) is 5.52 Å². The summed E-state index contributed by atoms with van der Waals surface area (Å²) in [5.41, 5.74) is 1.34. The molecule has 0 spiro atoms. The first-order chi connectivity index (χ1) is 10.7. The van der Waals surface area contributed by atoms with Crippen molar-refractivity contribution >= 4 is 17.4 Å². The average Bonchev–Trinajstić information content (AvgIpc) is 2.98. The van der Waals surface area contributed by atoms with Gasteiger partial charge in [0.1, 0.15) is 0 Å². The standard InChI is InChI=1S/C16H19N3O3/c1-2-22-16(21)12-6-9-18(10-7-12)15(20)14-11-13-5-3-4-8-19(13)17-14/h3-5,8,11-12H,2,6-7,9-10H2,1H3. The number of aromatic nitrogens is 2. The van der Waals surface area contributed by atoms with Gasteiger partial charge in [0.25, 0.3) is 5.91 Å². The van der Waals surface area contributed by atoms with Gasteiger partial charge in [-0.3, -0.25) is 9.59 Å². The second kappa shape index (κ2) is 6.17. The van der Waals surface area contributed by atoms with Crippen molar-refractivity contribution in [2.24, 2.45) is 5.92 Å². The second-order valence-electron chi connectivity index (χ2n) is 5.42. The number of hydrogen-bond acceptors (Lipinski definition) is 4. The van der Waals surface area contributed by atoms with Gasteiger partial charge < -0.3 is 9.64 Å². The van der Waals surface area contributed by atoms with Gasteiger partial charge in [0.15, 0.2) is 5.69 Å². The number of rotatable bonds is 3. The van der Waals surface area contributed by atoms with Gasteiger partial charge in [0.05, 0.1) is 18.0 Å². The molecule has 116 valence electrons. The van der Waals surface area contributed by atoms with Gasteiger partial charge in [-0.05, 0) is 38.0 Å². The van der Waals surface area contributed by atoms with E-state index in [2.05, 4.69) is 5.10 Å². The van der Waals surface area contributed by atoms with Gasteiger partial charge in [-0.25, -0.2) is 4.52 Å². The van der Waals surface area contributed by atoms with Gasteiger partial charge in [0, 0.05) is 19.3 Å². The molecule has 1 amide bonds. The van der Waals surface area contributed by atoms with E-state index in [0.29, 0.717) is 38.2 Å². The maximum atomic E-state index is 12.5. The second-order valence-corrected chi connectivity index (χ2v) is 5.42. The predicted molar refractivity (Wildman–Crippen MR) is 80.5 cm³/mol. The lowest BCUT2D eigenvalue weighted by atomic mass is 9.97. The minimum Gasteiger partial charge on any atom is -0.466 e. The van der Waals surface area contributed by atoms with E-state index in [1.807, 2.05) is 24.4 Å². The van der Waals surface area contributed by atoms with Crippen LogP contribution in [0.1, 0.15) is 30.3 Å². The summed E-state index contributed by atoms with van der Waals surface area (Å²) in [6.45, 7) is 3.34. The molecule has 0 bridgehead atoms. The molecule has 2 aromatic heterocycles. The molecule has 0 atom stereocenters. The number of amides is 1. The maximum absolute atomic E-state index is 12.5. The highest BCUT2D eigenvalue weighted by molar-refractivity contribution is 5.93. The molecule has 0 saturated carbocycles. The third kappa shape index (κ3) is 2.81. The number of carbonyl (C=O) groups excluding carboxylic acids is 2. The van der Waals surface area contributed by atoms with E-state index >= 15 is 0 Å². The van der Waals surface area contributed by atoms with Crippen molar-refractivity contribution in [3.63, 3.8) is 0 Å². The van der Waals surface area contributed by atoms with Crippen LogP contribution < -0.4 is 0 Å². The molecule has 3 rings (SSSR count). The summed E-state index contributed by atoms with van der Waals surface area (Å²) in [7, 11) is 0. The molecule has 0 radical (unpaired) electrons. The van der Waals surface area contributed by atoms with Crippen LogP contribution in [0.2, 0.25) is 0 Å². The van der Waals surface area contributed by atoms with Crippen LogP contribution in [0.5, 0.6) is 0 Å². The van der Waals surface area contributed by atoms with Crippen molar-refractivity contribution < 1.29 is 14.3 Å². The highest BCUT2D eigenvalue weighted by Crippen LogP contribution is 2.20. The van der Waals surface area contributed by atoms with Crippen LogP contribution in [-0.2, 0) is 9.53 Å². The molecule has 0 unspecified atom stereocenters. The Morgan fingerprint density at radius 2 is 2.09 bits per heavy atom. The van der Waals surface area contributed by atoms with Crippen LogP contribution in [-0.4, -0.2) is 46.1 Å². The van der Waals surface area contributed by atoms with E-state index in [4.69, 9.17) is 4.74 Å². The van der Waals surface area contributed by atoms with E-state index in [-0.39, 0.29) is 17.8 Å². The van der Waals surface area contributed by atoms with Crippen LogP contribution in [0.4, 0.5) is 0 Å². The SMILES string of the molecule is CCOC(=O)C1CCN(C(=O)c2cc3ccccn3n2)CC1. The largest absolute Gasteiger partial charge is 0.466 e. The third-order valence-electron chi connectivity index (χ3n) is 3.99. The first-order valence-corrected chi connectivity index (χ1v) is 7.59. The van der Waals surface area contributed by atoms with Gasteiger partial charge in [-0.15, -0.1) is 0 Å². The fourth-order valence-corrected chi connectivity index (χ4v) is 2.78. The quantitative estimate of drug-likeness (QED) is 0.810. The molecule has 0 N–H and O–H groups in total. The number of likely N-dealkylation sites (tertiary alicyclic amines) is 1. The summed E-state index contributed by atoms with van der Waals surface area (Å²) >= 11 is 0. The number of hydrogen-bond donors (Lipinski definition) is 0. The Morgan fingerprint density at radius 1 is 1.32 bits per heavy atom. The van der Waals surface area contributed by atoms with Crippen LogP contribution in [0.15, 0.2) is 30.5 Å². The summed E-state index contributed by atoms with van der Waals surface area (Å²) in [5.74, 6) is -0.321. The number of carbonyl (C=O) groups is 2. The number of esters is 1. The lowest BCUT2D eigenvalue weighted by molar-refractivity contribution is -0.149. The van der Waals surface area contributed by atoms with Gasteiger partial charge in [-0.1, -0.05) is 6.07 Å². The molecule has 1 saturated heterocycles. The van der Waals surface area contributed by atoms with E-state index in [9.17, 15) is 9.59 Å². The molecular weight excluding hydrogens is 282 g/mol. The van der Waals surface area contributed by atoms with Crippen LogP contribution in [0.3, 0.4) is 0 Å². The average molecular weight is 301 g/mol. The molecular formula is C16H19N3O3. The Balaban J connectivity index is 1.65. The summed E-state index contributed by atoms with van der Waals surface area (Å²) in [6, 6.07) is 7.49. The van der Waals surface area contributed by atoms with Gasteiger partial charge >= 0.3 is 5.97 Å². The fourth-order valence-electron chi connectivity index (χ4n) is 2.78. The van der Waals surface area contributed by atoms with Gasteiger partial charge in [-0.2, -0.15) is 5.10 Å². The number of nitrogens with zero attached hydrogens (tertiary/aromatic N) is 3. The molecule has 0 aliphatic carbocycles. The maximum Gasteiger partial charge on any atom is 0.309 e. The summed E-state index contributed by atoms with van der Waals surface area (Å²) in [5, 5.41) is 4.31. The zero-order valence-electron chi connectivity index (χ0n) is 12.6. The Hall–Kier alpha value is -2.37. The first-order valence-electron chi connectivity index (χ1n) is 7.59. The van der Waals surface area contributed by atoms with Crippen LogP contribution in [0.25, 0.3) is 5.52 Å². The normalized spacial score (nSPS) is 16.0. The number of fused-ring (bicyclic) bond motifs is 1. The van der Waals surface area contributed by atoms with E-state index < -0.39 is 0 Å². The first kappa shape index (κ1) is 14.6. The summed E-state index contributed by atoms with van der Waals surface area (Å²) in [4.78, 5) is 26.0. The minimum absolute atomic E-state index is 0.0778. The van der Waals surface area contributed by atoms with E-state index in [1.54, 1.807) is 22.4 Å². The third-order valence-corrected chi connectivity index (χ3v) is 3.99. The fraction of sp³-hybridized carbons (Fsp3) is 0.438. The zero-order chi connectivity index (χ0) is 15.5. The molecule has 1 aliphatic heterocycles. The topological polar surface area (TPSA) is 63.9 Å². The molecule has 1 aliphatic rings. The molecule has 3 heterocycles. The smallest absolute Gasteiger partial charge is 0.309 e. The lowest BCUT2D eigenvalue weighted by Gasteiger charge is -2.30. The number of piperidine rings is 1. The highest BCUT2D eigenvalue weighted by Gasteiger charge is 2.29. The van der Waals surface area contributed by atoms with Crippen molar-refractivity contribution in [2.45, 2.75) is 19.8 Å². The number of ether oxygens (including phenoxy) is 1. The number of pyridine rings is 1. The van der Waals surface area contributed by atoms with Crippen LogP contribution in [0, 0.1) is 5.92 Å². The van der Waals surface area contributed by atoms with Crippen molar-refractivity contribution in [1.82, 2.24) is 14.5 Å². The Bertz CT molecular complexity index is 654. The Labute approximate surface area is 128 Å². The molecule has 1 fully saturated rings. The molecule has 6 heteroatoms. The molecule has 6 nitrogen and oxygen atoms in total. The van der Waals surface area contributed by atoms with E-state index in [1.165, 1.54) is 0 Å². The van der Waals surface area contributed by atoms with Crippen molar-refractivity contribution in [1.29, 1.82) is 0 Å². The summed E-state index contributed by atoms with van der Waals surface area (Å²) < 4.78 is 6.74. The summed E-state index contributed by atoms with van der Waals surface area (Å²) in [6.07, 6.45) is 3.12. The van der Waals surface area contributed by atoms with Gasteiger partial charge in [0.2, 0.25) is 0 Å². The molecule has 22 heavy (non-hydrogen) atoms.